The molecule has 128 valence electrons. The van der Waals surface area contributed by atoms with Crippen molar-refractivity contribution in [3.8, 4) is 11.4 Å². The zero-order valence-corrected chi connectivity index (χ0v) is 14.2. The Morgan fingerprint density at radius 3 is 2.72 bits per heavy atom. The molecule has 0 atom stereocenters. The Morgan fingerprint density at radius 1 is 1.24 bits per heavy atom. The molecule has 1 heterocycles. The van der Waals surface area contributed by atoms with Crippen LogP contribution < -0.4 is 5.32 Å². The summed E-state index contributed by atoms with van der Waals surface area (Å²) in [5.74, 6) is 0.0779. The lowest BCUT2D eigenvalue weighted by Gasteiger charge is -2.04. The Labute approximate surface area is 148 Å². The highest BCUT2D eigenvalue weighted by Crippen LogP contribution is 2.18. The molecule has 0 aliphatic heterocycles. The molecule has 25 heavy (non-hydrogen) atoms. The summed E-state index contributed by atoms with van der Waals surface area (Å²) in [6, 6.07) is 11.3. The smallest absolute Gasteiger partial charge is 0.251 e. The lowest BCUT2D eigenvalue weighted by molar-refractivity contribution is 0.0953. The quantitative estimate of drug-likeness (QED) is 0.752. The number of amides is 1. The maximum Gasteiger partial charge on any atom is 0.251 e. The van der Waals surface area contributed by atoms with Gasteiger partial charge in [0, 0.05) is 29.1 Å². The fraction of sp³-hybridized carbons (Fsp3) is 0.167. The summed E-state index contributed by atoms with van der Waals surface area (Å²) in [7, 11) is 0. The highest BCUT2D eigenvalue weighted by Gasteiger charge is 2.11. The van der Waals surface area contributed by atoms with Crippen LogP contribution >= 0.6 is 11.6 Å². The SMILES string of the molecule is Cc1cc(F)cc(C(=O)NCCc2nc(-c3ccc(Cl)cc3)no2)c1. The molecule has 0 bridgehead atoms. The van der Waals surface area contributed by atoms with Crippen molar-refractivity contribution in [3.05, 3.63) is 70.3 Å². The standard InChI is InChI=1S/C18H15ClFN3O2/c1-11-8-13(10-15(20)9-11)18(24)21-7-6-16-22-17(23-25-16)12-2-4-14(19)5-3-12/h2-5,8-10H,6-7H2,1H3,(H,21,24). The Balaban J connectivity index is 1.57. The van der Waals surface area contributed by atoms with E-state index in [0.717, 1.165) is 5.56 Å². The fourth-order valence-electron chi connectivity index (χ4n) is 2.33. The summed E-state index contributed by atoms with van der Waals surface area (Å²) in [5.41, 5.74) is 1.76. The van der Waals surface area contributed by atoms with E-state index in [-0.39, 0.29) is 11.5 Å². The Hall–Kier alpha value is -2.73. The van der Waals surface area contributed by atoms with E-state index in [4.69, 9.17) is 16.1 Å². The van der Waals surface area contributed by atoms with Crippen LogP contribution in [0.15, 0.2) is 47.0 Å². The third kappa shape index (κ3) is 4.42. The molecule has 0 aliphatic carbocycles. The van der Waals surface area contributed by atoms with Crippen molar-refractivity contribution in [3.63, 3.8) is 0 Å². The molecule has 0 fully saturated rings. The van der Waals surface area contributed by atoms with E-state index < -0.39 is 5.82 Å². The van der Waals surface area contributed by atoms with Crippen LogP contribution in [0.5, 0.6) is 0 Å². The van der Waals surface area contributed by atoms with Crippen molar-refractivity contribution >= 4 is 17.5 Å². The molecule has 3 rings (SSSR count). The summed E-state index contributed by atoms with van der Waals surface area (Å²) in [4.78, 5) is 16.3. The molecule has 1 N–H and O–H groups in total. The predicted octanol–water partition coefficient (Wildman–Crippen LogP) is 3.81. The first-order chi connectivity index (χ1) is 12.0. The van der Waals surface area contributed by atoms with Crippen molar-refractivity contribution in [2.75, 3.05) is 6.54 Å². The number of halogens is 2. The first kappa shape index (κ1) is 17.1. The molecule has 0 saturated carbocycles. The van der Waals surface area contributed by atoms with E-state index in [2.05, 4.69) is 15.5 Å². The zero-order chi connectivity index (χ0) is 17.8. The lowest BCUT2D eigenvalue weighted by atomic mass is 10.1. The molecular formula is C18H15ClFN3O2. The first-order valence-corrected chi connectivity index (χ1v) is 8.03. The number of nitrogens with zero attached hydrogens (tertiary/aromatic N) is 2. The number of hydrogen-bond donors (Lipinski definition) is 1. The number of benzene rings is 2. The van der Waals surface area contributed by atoms with E-state index in [1.54, 1.807) is 37.3 Å². The van der Waals surface area contributed by atoms with Crippen LogP contribution in [0.25, 0.3) is 11.4 Å². The topological polar surface area (TPSA) is 68.0 Å². The second kappa shape index (κ2) is 7.44. The van der Waals surface area contributed by atoms with Gasteiger partial charge in [-0.2, -0.15) is 4.98 Å². The third-order valence-corrected chi connectivity index (χ3v) is 3.75. The number of aromatic nitrogens is 2. The fourth-order valence-corrected chi connectivity index (χ4v) is 2.45. The molecule has 0 aliphatic rings. The summed E-state index contributed by atoms with van der Waals surface area (Å²) < 4.78 is 18.5. The van der Waals surface area contributed by atoms with Gasteiger partial charge in [-0.15, -0.1) is 0 Å². The van der Waals surface area contributed by atoms with Crippen LogP contribution in [0.1, 0.15) is 21.8 Å². The van der Waals surface area contributed by atoms with Crippen LogP contribution in [-0.4, -0.2) is 22.6 Å². The average Bonchev–Trinajstić information content (AvgIpc) is 3.03. The van der Waals surface area contributed by atoms with Gasteiger partial charge in [0.25, 0.3) is 5.91 Å². The van der Waals surface area contributed by atoms with Gasteiger partial charge in [0.1, 0.15) is 5.82 Å². The minimum Gasteiger partial charge on any atom is -0.352 e. The Morgan fingerprint density at radius 2 is 2.00 bits per heavy atom. The molecule has 0 unspecified atom stereocenters. The predicted molar refractivity (Wildman–Crippen MR) is 91.9 cm³/mol. The number of carbonyl (C=O) groups excluding carboxylic acids is 1. The Kier molecular flexibility index (Phi) is 5.09. The van der Waals surface area contributed by atoms with Gasteiger partial charge in [0.05, 0.1) is 0 Å². The minimum absolute atomic E-state index is 0.282. The maximum atomic E-state index is 13.3. The molecule has 0 saturated heterocycles. The molecule has 0 radical (unpaired) electrons. The average molecular weight is 360 g/mol. The van der Waals surface area contributed by atoms with Crippen LogP contribution in [0.3, 0.4) is 0 Å². The summed E-state index contributed by atoms with van der Waals surface area (Å²) in [6.07, 6.45) is 0.376. The van der Waals surface area contributed by atoms with E-state index in [0.29, 0.717) is 35.3 Å². The molecule has 5 nitrogen and oxygen atoms in total. The van der Waals surface area contributed by atoms with Gasteiger partial charge in [-0.3, -0.25) is 4.79 Å². The van der Waals surface area contributed by atoms with E-state index in [1.165, 1.54) is 12.1 Å². The maximum absolute atomic E-state index is 13.3. The van der Waals surface area contributed by atoms with Gasteiger partial charge in [-0.1, -0.05) is 16.8 Å². The number of carbonyl (C=O) groups is 1. The summed E-state index contributed by atoms with van der Waals surface area (Å²) >= 11 is 5.84. The van der Waals surface area contributed by atoms with Crippen molar-refractivity contribution < 1.29 is 13.7 Å². The zero-order valence-electron chi connectivity index (χ0n) is 13.4. The Bertz CT molecular complexity index is 873. The van der Waals surface area contributed by atoms with Crippen molar-refractivity contribution in [1.82, 2.24) is 15.5 Å². The van der Waals surface area contributed by atoms with E-state index >= 15 is 0 Å². The molecule has 7 heteroatoms. The van der Waals surface area contributed by atoms with Gasteiger partial charge in [-0.25, -0.2) is 4.39 Å². The second-order valence-corrected chi connectivity index (χ2v) is 5.98. The summed E-state index contributed by atoms with van der Waals surface area (Å²) in [6.45, 7) is 2.03. The monoisotopic (exact) mass is 359 g/mol. The van der Waals surface area contributed by atoms with Crippen LogP contribution in [0.4, 0.5) is 4.39 Å². The molecule has 0 spiro atoms. The largest absolute Gasteiger partial charge is 0.352 e. The van der Waals surface area contributed by atoms with Crippen LogP contribution in [0, 0.1) is 12.7 Å². The highest BCUT2D eigenvalue weighted by molar-refractivity contribution is 6.30. The first-order valence-electron chi connectivity index (χ1n) is 7.65. The molecule has 1 aromatic heterocycles. The van der Waals surface area contributed by atoms with Gasteiger partial charge in [0.2, 0.25) is 11.7 Å². The van der Waals surface area contributed by atoms with Crippen LogP contribution in [0.2, 0.25) is 5.02 Å². The highest BCUT2D eigenvalue weighted by atomic mass is 35.5. The van der Waals surface area contributed by atoms with Crippen molar-refractivity contribution in [2.45, 2.75) is 13.3 Å². The van der Waals surface area contributed by atoms with Crippen molar-refractivity contribution in [2.24, 2.45) is 0 Å². The van der Waals surface area contributed by atoms with Gasteiger partial charge < -0.3 is 9.84 Å². The molecular weight excluding hydrogens is 345 g/mol. The minimum atomic E-state index is -0.436. The number of rotatable bonds is 5. The molecule has 1 amide bonds. The second-order valence-electron chi connectivity index (χ2n) is 5.54. The normalized spacial score (nSPS) is 10.7. The molecule has 2 aromatic carbocycles. The van der Waals surface area contributed by atoms with Crippen LogP contribution in [-0.2, 0) is 6.42 Å². The van der Waals surface area contributed by atoms with Gasteiger partial charge in [0.15, 0.2) is 0 Å². The third-order valence-electron chi connectivity index (χ3n) is 3.50. The van der Waals surface area contributed by atoms with Crippen molar-refractivity contribution in [1.29, 1.82) is 0 Å². The summed E-state index contributed by atoms with van der Waals surface area (Å²) in [5, 5.41) is 7.24. The van der Waals surface area contributed by atoms with Gasteiger partial charge >= 0.3 is 0 Å². The van der Waals surface area contributed by atoms with E-state index in [1.807, 2.05) is 0 Å². The lowest BCUT2D eigenvalue weighted by Crippen LogP contribution is -2.26. The number of hydrogen-bond acceptors (Lipinski definition) is 4. The van der Waals surface area contributed by atoms with Gasteiger partial charge in [-0.05, 0) is 55.0 Å². The molecule has 3 aromatic rings. The number of aryl methyl sites for hydroxylation is 1. The van der Waals surface area contributed by atoms with E-state index in [9.17, 15) is 9.18 Å². The number of nitrogens with one attached hydrogen (secondary N) is 1.